The van der Waals surface area contributed by atoms with E-state index in [4.69, 9.17) is 4.74 Å². The van der Waals surface area contributed by atoms with Crippen LogP contribution >= 0.6 is 0 Å². The smallest absolute Gasteiger partial charge is 0.319 e. The van der Waals surface area contributed by atoms with Crippen LogP contribution in [0.5, 0.6) is 5.75 Å². The predicted octanol–water partition coefficient (Wildman–Crippen LogP) is 3.35. The second kappa shape index (κ2) is 8.58. The first-order valence-corrected chi connectivity index (χ1v) is 9.22. The molecule has 1 aliphatic rings. The summed E-state index contributed by atoms with van der Waals surface area (Å²) in [5.74, 6) is 0.600. The topological polar surface area (TPSA) is 70.7 Å². The Kier molecular flexibility index (Phi) is 5.96. The number of hydrogen-bond donors (Lipinski definition) is 2. The van der Waals surface area contributed by atoms with Crippen molar-refractivity contribution in [1.29, 1.82) is 0 Å². The lowest BCUT2D eigenvalue weighted by atomic mass is 9.99. The molecule has 1 atom stereocenters. The van der Waals surface area contributed by atoms with Crippen LogP contribution in [0.4, 0.5) is 10.5 Å². The molecule has 2 aromatic carbocycles. The molecule has 1 heterocycles. The van der Waals surface area contributed by atoms with Crippen molar-refractivity contribution in [2.75, 3.05) is 25.0 Å². The molecule has 0 aromatic heterocycles. The standard InChI is InChI=1S/C21H25N3O3/c1-3-22-21(26)23-18-9-10-19-17(13-18)14-24(11-12-27-19)20(25)15(2)16-7-5-4-6-8-16/h4-10,13,15H,3,11-12,14H2,1-2H3,(H2,22,23,26). The zero-order valence-corrected chi connectivity index (χ0v) is 15.7. The van der Waals surface area contributed by atoms with Gasteiger partial charge in [-0.15, -0.1) is 0 Å². The van der Waals surface area contributed by atoms with Gasteiger partial charge < -0.3 is 20.3 Å². The lowest BCUT2D eigenvalue weighted by molar-refractivity contribution is -0.133. The van der Waals surface area contributed by atoms with E-state index < -0.39 is 0 Å². The van der Waals surface area contributed by atoms with Gasteiger partial charge in [0.2, 0.25) is 5.91 Å². The zero-order chi connectivity index (χ0) is 19.2. The van der Waals surface area contributed by atoms with Gasteiger partial charge in [-0.1, -0.05) is 30.3 Å². The minimum atomic E-state index is -0.252. The fraction of sp³-hybridized carbons (Fsp3) is 0.333. The Morgan fingerprint density at radius 3 is 2.70 bits per heavy atom. The lowest BCUT2D eigenvalue weighted by Gasteiger charge is -2.24. The monoisotopic (exact) mass is 367 g/mol. The Bertz CT molecular complexity index is 808. The maximum Gasteiger partial charge on any atom is 0.319 e. The van der Waals surface area contributed by atoms with Crippen LogP contribution in [0.2, 0.25) is 0 Å². The van der Waals surface area contributed by atoms with Crippen LogP contribution in [0.1, 0.15) is 30.9 Å². The van der Waals surface area contributed by atoms with E-state index in [1.165, 1.54) is 0 Å². The SMILES string of the molecule is CCNC(=O)Nc1ccc2c(c1)CN(C(=O)C(C)c1ccccc1)CCO2. The minimum Gasteiger partial charge on any atom is -0.491 e. The van der Waals surface area contributed by atoms with Gasteiger partial charge in [-0.3, -0.25) is 4.79 Å². The van der Waals surface area contributed by atoms with Crippen LogP contribution in [-0.4, -0.2) is 36.5 Å². The summed E-state index contributed by atoms with van der Waals surface area (Å²) in [5.41, 5.74) is 2.56. The van der Waals surface area contributed by atoms with Gasteiger partial charge in [0, 0.05) is 24.3 Å². The largest absolute Gasteiger partial charge is 0.491 e. The Morgan fingerprint density at radius 2 is 1.96 bits per heavy atom. The van der Waals surface area contributed by atoms with Crippen molar-refractivity contribution in [2.24, 2.45) is 0 Å². The van der Waals surface area contributed by atoms with Gasteiger partial charge in [-0.25, -0.2) is 4.79 Å². The summed E-state index contributed by atoms with van der Waals surface area (Å²) in [4.78, 5) is 26.6. The van der Waals surface area contributed by atoms with Crippen molar-refractivity contribution in [1.82, 2.24) is 10.2 Å². The third-order valence-corrected chi connectivity index (χ3v) is 4.62. The Balaban J connectivity index is 1.76. The third-order valence-electron chi connectivity index (χ3n) is 4.62. The number of urea groups is 1. The molecule has 2 N–H and O–H groups in total. The summed E-state index contributed by atoms with van der Waals surface area (Å²) in [7, 11) is 0. The first kappa shape index (κ1) is 18.8. The second-order valence-electron chi connectivity index (χ2n) is 6.55. The van der Waals surface area contributed by atoms with Crippen LogP contribution in [0.25, 0.3) is 0 Å². The summed E-state index contributed by atoms with van der Waals surface area (Å²) in [6.07, 6.45) is 0. The molecule has 0 saturated heterocycles. The molecule has 2 aromatic rings. The molecule has 1 aliphatic heterocycles. The van der Waals surface area contributed by atoms with E-state index in [1.807, 2.05) is 61.2 Å². The normalized spacial score (nSPS) is 14.4. The molecular weight excluding hydrogens is 342 g/mol. The molecule has 0 saturated carbocycles. The first-order valence-electron chi connectivity index (χ1n) is 9.22. The number of rotatable bonds is 4. The number of fused-ring (bicyclic) bond motifs is 1. The number of ether oxygens (including phenoxy) is 1. The van der Waals surface area contributed by atoms with Crippen LogP contribution in [0.15, 0.2) is 48.5 Å². The number of benzene rings is 2. The van der Waals surface area contributed by atoms with E-state index in [0.29, 0.717) is 31.9 Å². The van der Waals surface area contributed by atoms with Crippen LogP contribution in [0.3, 0.4) is 0 Å². The maximum absolute atomic E-state index is 13.0. The average Bonchev–Trinajstić information content (AvgIpc) is 2.89. The number of nitrogens with zero attached hydrogens (tertiary/aromatic N) is 1. The number of hydrogen-bond acceptors (Lipinski definition) is 3. The van der Waals surface area contributed by atoms with Gasteiger partial charge in [0.15, 0.2) is 0 Å². The fourth-order valence-electron chi connectivity index (χ4n) is 3.15. The molecule has 6 heteroatoms. The van der Waals surface area contributed by atoms with Crippen molar-refractivity contribution in [3.05, 3.63) is 59.7 Å². The third kappa shape index (κ3) is 4.58. The average molecular weight is 367 g/mol. The summed E-state index contributed by atoms with van der Waals surface area (Å²) in [5, 5.41) is 5.50. The molecule has 142 valence electrons. The number of carbonyl (C=O) groups excluding carboxylic acids is 2. The summed E-state index contributed by atoms with van der Waals surface area (Å²) in [6.45, 7) is 5.78. The summed E-state index contributed by atoms with van der Waals surface area (Å²) >= 11 is 0. The molecular formula is C21H25N3O3. The van der Waals surface area contributed by atoms with Gasteiger partial charge in [0.25, 0.3) is 0 Å². The Morgan fingerprint density at radius 1 is 1.19 bits per heavy atom. The van der Waals surface area contributed by atoms with E-state index in [9.17, 15) is 9.59 Å². The first-order chi connectivity index (χ1) is 13.1. The van der Waals surface area contributed by atoms with E-state index >= 15 is 0 Å². The summed E-state index contributed by atoms with van der Waals surface area (Å²) < 4.78 is 5.80. The van der Waals surface area contributed by atoms with Gasteiger partial charge in [0.05, 0.1) is 12.5 Å². The molecule has 27 heavy (non-hydrogen) atoms. The van der Waals surface area contributed by atoms with Crippen molar-refractivity contribution < 1.29 is 14.3 Å². The molecule has 3 amide bonds. The highest BCUT2D eigenvalue weighted by molar-refractivity contribution is 5.89. The van der Waals surface area contributed by atoms with E-state index in [0.717, 1.165) is 16.9 Å². The van der Waals surface area contributed by atoms with E-state index in [-0.39, 0.29) is 17.9 Å². The van der Waals surface area contributed by atoms with Crippen molar-refractivity contribution >= 4 is 17.6 Å². The van der Waals surface area contributed by atoms with Crippen molar-refractivity contribution in [3.8, 4) is 5.75 Å². The van der Waals surface area contributed by atoms with Crippen LogP contribution in [0, 0.1) is 0 Å². The molecule has 0 radical (unpaired) electrons. The quantitative estimate of drug-likeness (QED) is 0.871. The van der Waals surface area contributed by atoms with Crippen LogP contribution in [-0.2, 0) is 11.3 Å². The number of carbonyl (C=O) groups is 2. The fourth-order valence-corrected chi connectivity index (χ4v) is 3.15. The van der Waals surface area contributed by atoms with Crippen molar-refractivity contribution in [2.45, 2.75) is 26.3 Å². The maximum atomic E-state index is 13.0. The highest BCUT2D eigenvalue weighted by Gasteiger charge is 2.25. The van der Waals surface area contributed by atoms with Crippen LogP contribution < -0.4 is 15.4 Å². The predicted molar refractivity (Wildman–Crippen MR) is 105 cm³/mol. The minimum absolute atomic E-state index is 0.0692. The van der Waals surface area contributed by atoms with E-state index in [2.05, 4.69) is 10.6 Å². The highest BCUT2D eigenvalue weighted by atomic mass is 16.5. The molecule has 3 rings (SSSR count). The molecule has 1 unspecified atom stereocenters. The molecule has 6 nitrogen and oxygen atoms in total. The zero-order valence-electron chi connectivity index (χ0n) is 15.7. The van der Waals surface area contributed by atoms with Gasteiger partial charge in [-0.2, -0.15) is 0 Å². The number of anilines is 1. The second-order valence-corrected chi connectivity index (χ2v) is 6.55. The Labute approximate surface area is 159 Å². The summed E-state index contributed by atoms with van der Waals surface area (Å²) in [6, 6.07) is 15.0. The molecule has 0 aliphatic carbocycles. The number of nitrogens with one attached hydrogen (secondary N) is 2. The highest BCUT2D eigenvalue weighted by Crippen LogP contribution is 2.28. The van der Waals surface area contributed by atoms with E-state index in [1.54, 1.807) is 6.07 Å². The molecule has 0 spiro atoms. The number of amides is 3. The van der Waals surface area contributed by atoms with Gasteiger partial charge in [-0.05, 0) is 37.6 Å². The van der Waals surface area contributed by atoms with Gasteiger partial charge in [0.1, 0.15) is 12.4 Å². The molecule has 0 fully saturated rings. The molecule has 0 bridgehead atoms. The Hall–Kier alpha value is -3.02. The lowest BCUT2D eigenvalue weighted by Crippen LogP contribution is -2.35. The van der Waals surface area contributed by atoms with Gasteiger partial charge >= 0.3 is 6.03 Å². The van der Waals surface area contributed by atoms with Crippen molar-refractivity contribution in [3.63, 3.8) is 0 Å².